The molecule has 122 valence electrons. The van der Waals surface area contributed by atoms with Gasteiger partial charge in [-0.3, -0.25) is 14.4 Å². The highest BCUT2D eigenvalue weighted by molar-refractivity contribution is 5.93. The number of amides is 1. The largest absolute Gasteiger partial charge is 0.387 e. The second-order valence-corrected chi connectivity index (χ2v) is 5.92. The Bertz CT molecular complexity index is 648. The summed E-state index contributed by atoms with van der Waals surface area (Å²) in [5.41, 5.74) is 1.56. The van der Waals surface area contributed by atoms with Crippen molar-refractivity contribution in [2.24, 2.45) is 7.05 Å². The van der Waals surface area contributed by atoms with Gasteiger partial charge in [0.2, 0.25) is 0 Å². The molecule has 1 fully saturated rings. The van der Waals surface area contributed by atoms with E-state index in [9.17, 15) is 9.90 Å². The third-order valence-electron chi connectivity index (χ3n) is 4.23. The highest BCUT2D eigenvalue weighted by Gasteiger charge is 2.24. The summed E-state index contributed by atoms with van der Waals surface area (Å²) in [6.45, 7) is 3.50. The summed E-state index contributed by atoms with van der Waals surface area (Å²) in [6, 6.07) is 9.69. The van der Waals surface area contributed by atoms with E-state index in [1.807, 2.05) is 35.2 Å². The fraction of sp³-hybridized carbons (Fsp3) is 0.412. The fourth-order valence-electron chi connectivity index (χ4n) is 2.87. The molecule has 0 radical (unpaired) electrons. The van der Waals surface area contributed by atoms with Crippen LogP contribution in [0.25, 0.3) is 0 Å². The molecule has 1 atom stereocenters. The first-order chi connectivity index (χ1) is 11.1. The molecule has 0 spiro atoms. The van der Waals surface area contributed by atoms with Gasteiger partial charge in [0.1, 0.15) is 0 Å². The highest BCUT2D eigenvalue weighted by atomic mass is 16.3. The topological polar surface area (TPSA) is 61.6 Å². The summed E-state index contributed by atoms with van der Waals surface area (Å²) in [6.07, 6.45) is 2.86. The molecule has 6 nitrogen and oxygen atoms in total. The van der Waals surface area contributed by atoms with Crippen LogP contribution in [-0.2, 0) is 7.05 Å². The Kier molecular flexibility index (Phi) is 4.73. The zero-order valence-corrected chi connectivity index (χ0v) is 13.3. The van der Waals surface area contributed by atoms with Crippen LogP contribution in [0.3, 0.4) is 0 Å². The van der Waals surface area contributed by atoms with Crippen LogP contribution in [0.4, 0.5) is 0 Å². The number of aromatic nitrogens is 2. The third kappa shape index (κ3) is 3.78. The summed E-state index contributed by atoms with van der Waals surface area (Å²) in [5, 5.41) is 14.3. The molecular weight excluding hydrogens is 292 g/mol. The number of aryl methyl sites for hydroxylation is 1. The van der Waals surface area contributed by atoms with E-state index in [2.05, 4.69) is 10.00 Å². The van der Waals surface area contributed by atoms with Crippen molar-refractivity contribution in [3.63, 3.8) is 0 Å². The Labute approximate surface area is 135 Å². The number of β-amino-alcohol motifs (C(OH)–C–C–N with tert-alkyl or cyclic N) is 1. The average molecular weight is 314 g/mol. The van der Waals surface area contributed by atoms with E-state index in [4.69, 9.17) is 0 Å². The molecule has 23 heavy (non-hydrogen) atoms. The zero-order chi connectivity index (χ0) is 16.2. The molecule has 1 aromatic carbocycles. The minimum atomic E-state index is -0.489. The molecule has 1 amide bonds. The number of carbonyl (C=O) groups excluding carboxylic acids is 1. The van der Waals surface area contributed by atoms with Crippen LogP contribution in [0.2, 0.25) is 0 Å². The predicted molar refractivity (Wildman–Crippen MR) is 87.0 cm³/mol. The minimum absolute atomic E-state index is 0.0290. The third-order valence-corrected chi connectivity index (χ3v) is 4.23. The monoisotopic (exact) mass is 314 g/mol. The number of hydrogen-bond donors (Lipinski definition) is 1. The molecule has 2 aromatic rings. The number of hydrogen-bond acceptors (Lipinski definition) is 4. The summed E-state index contributed by atoms with van der Waals surface area (Å²) in [4.78, 5) is 16.4. The lowest BCUT2D eigenvalue weighted by Gasteiger charge is -2.35. The molecule has 3 rings (SSSR count). The van der Waals surface area contributed by atoms with Gasteiger partial charge in [0.25, 0.3) is 5.91 Å². The number of rotatable bonds is 4. The first-order valence-corrected chi connectivity index (χ1v) is 7.87. The van der Waals surface area contributed by atoms with Gasteiger partial charge in [0.05, 0.1) is 17.9 Å². The van der Waals surface area contributed by atoms with Crippen molar-refractivity contribution >= 4 is 5.91 Å². The SMILES string of the molecule is Cn1cc(C(=O)N2CCN(C[C@H](O)c3ccccc3)CC2)cn1. The van der Waals surface area contributed by atoms with E-state index >= 15 is 0 Å². The number of aliphatic hydroxyl groups is 1. The van der Waals surface area contributed by atoms with Crippen molar-refractivity contribution in [2.45, 2.75) is 6.10 Å². The van der Waals surface area contributed by atoms with Crippen molar-refractivity contribution in [2.75, 3.05) is 32.7 Å². The van der Waals surface area contributed by atoms with E-state index in [1.165, 1.54) is 0 Å². The van der Waals surface area contributed by atoms with E-state index in [0.29, 0.717) is 25.2 Å². The first kappa shape index (κ1) is 15.7. The summed E-state index contributed by atoms with van der Waals surface area (Å²) >= 11 is 0. The molecule has 0 saturated carbocycles. The van der Waals surface area contributed by atoms with Crippen LogP contribution >= 0.6 is 0 Å². The van der Waals surface area contributed by atoms with Gasteiger partial charge in [-0.15, -0.1) is 0 Å². The lowest BCUT2D eigenvalue weighted by molar-refractivity contribution is 0.0527. The lowest BCUT2D eigenvalue weighted by atomic mass is 10.1. The fourth-order valence-corrected chi connectivity index (χ4v) is 2.87. The van der Waals surface area contributed by atoms with Gasteiger partial charge in [-0.2, -0.15) is 5.10 Å². The van der Waals surface area contributed by atoms with Crippen LogP contribution in [-0.4, -0.2) is 63.3 Å². The maximum atomic E-state index is 12.4. The Hall–Kier alpha value is -2.18. The van der Waals surface area contributed by atoms with Gasteiger partial charge < -0.3 is 10.0 Å². The number of aliphatic hydroxyl groups excluding tert-OH is 1. The van der Waals surface area contributed by atoms with Crippen LogP contribution < -0.4 is 0 Å². The molecule has 1 aliphatic heterocycles. The molecular formula is C17H22N4O2. The number of nitrogens with zero attached hydrogens (tertiary/aromatic N) is 4. The number of carbonyl (C=O) groups is 1. The van der Waals surface area contributed by atoms with Crippen molar-refractivity contribution in [1.29, 1.82) is 0 Å². The van der Waals surface area contributed by atoms with Gasteiger partial charge >= 0.3 is 0 Å². The molecule has 0 unspecified atom stereocenters. The lowest BCUT2D eigenvalue weighted by Crippen LogP contribution is -2.49. The van der Waals surface area contributed by atoms with Gasteiger partial charge in [0, 0.05) is 46.0 Å². The molecule has 6 heteroatoms. The van der Waals surface area contributed by atoms with E-state index in [0.717, 1.165) is 18.7 Å². The summed E-state index contributed by atoms with van der Waals surface area (Å²) in [7, 11) is 1.81. The molecule has 1 saturated heterocycles. The standard InChI is InChI=1S/C17H22N4O2/c1-19-12-15(11-18-19)17(23)21-9-7-20(8-10-21)13-16(22)14-5-3-2-4-6-14/h2-6,11-12,16,22H,7-10,13H2,1H3/t16-/m0/s1. The molecule has 1 N–H and O–H groups in total. The summed E-state index contributed by atoms with van der Waals surface area (Å²) < 4.78 is 1.64. The summed E-state index contributed by atoms with van der Waals surface area (Å²) in [5.74, 6) is 0.0290. The van der Waals surface area contributed by atoms with Gasteiger partial charge in [-0.05, 0) is 5.56 Å². The average Bonchev–Trinajstić information content (AvgIpc) is 3.02. The Morgan fingerprint density at radius 2 is 1.91 bits per heavy atom. The van der Waals surface area contributed by atoms with Crippen LogP contribution in [0.15, 0.2) is 42.7 Å². The van der Waals surface area contributed by atoms with Crippen LogP contribution in [0.1, 0.15) is 22.0 Å². The zero-order valence-electron chi connectivity index (χ0n) is 13.3. The quantitative estimate of drug-likeness (QED) is 0.911. The second-order valence-electron chi connectivity index (χ2n) is 5.92. The van der Waals surface area contributed by atoms with Gasteiger partial charge in [0.15, 0.2) is 0 Å². The normalized spacial score (nSPS) is 17.2. The van der Waals surface area contributed by atoms with E-state index in [1.54, 1.807) is 24.1 Å². The highest BCUT2D eigenvalue weighted by Crippen LogP contribution is 2.15. The van der Waals surface area contributed by atoms with Crippen LogP contribution in [0.5, 0.6) is 0 Å². The number of benzene rings is 1. The Morgan fingerprint density at radius 1 is 1.22 bits per heavy atom. The van der Waals surface area contributed by atoms with Crippen molar-refractivity contribution in [3.8, 4) is 0 Å². The minimum Gasteiger partial charge on any atom is -0.387 e. The van der Waals surface area contributed by atoms with Crippen molar-refractivity contribution in [1.82, 2.24) is 19.6 Å². The molecule has 0 aliphatic carbocycles. The molecule has 0 bridgehead atoms. The maximum absolute atomic E-state index is 12.4. The maximum Gasteiger partial charge on any atom is 0.257 e. The smallest absolute Gasteiger partial charge is 0.257 e. The second kappa shape index (κ2) is 6.93. The van der Waals surface area contributed by atoms with Crippen LogP contribution in [0, 0.1) is 0 Å². The van der Waals surface area contributed by atoms with Crippen molar-refractivity contribution < 1.29 is 9.90 Å². The van der Waals surface area contributed by atoms with Gasteiger partial charge in [-0.25, -0.2) is 0 Å². The predicted octanol–water partition coefficient (Wildman–Crippen LogP) is 0.911. The van der Waals surface area contributed by atoms with E-state index < -0.39 is 6.10 Å². The van der Waals surface area contributed by atoms with Crippen molar-refractivity contribution in [3.05, 3.63) is 53.9 Å². The molecule has 1 aromatic heterocycles. The molecule has 1 aliphatic rings. The Morgan fingerprint density at radius 3 is 2.52 bits per heavy atom. The Balaban J connectivity index is 1.51. The first-order valence-electron chi connectivity index (χ1n) is 7.87. The number of piperazine rings is 1. The van der Waals surface area contributed by atoms with Gasteiger partial charge in [-0.1, -0.05) is 30.3 Å². The van der Waals surface area contributed by atoms with E-state index in [-0.39, 0.29) is 5.91 Å². The molecule has 2 heterocycles.